The fourth-order valence-corrected chi connectivity index (χ4v) is 3.62. The zero-order valence-electron chi connectivity index (χ0n) is 20.1. The van der Waals surface area contributed by atoms with Crippen molar-refractivity contribution < 1.29 is 9.47 Å². The number of aliphatic imine (C=N–C) groups is 1. The van der Waals surface area contributed by atoms with Crippen LogP contribution >= 0.6 is 0 Å². The van der Waals surface area contributed by atoms with E-state index in [4.69, 9.17) is 14.5 Å². The number of rotatable bonds is 12. The zero-order chi connectivity index (χ0) is 22.3. The van der Waals surface area contributed by atoms with E-state index in [9.17, 15) is 0 Å². The van der Waals surface area contributed by atoms with Crippen molar-refractivity contribution in [3.63, 3.8) is 0 Å². The molecule has 1 aliphatic heterocycles. The van der Waals surface area contributed by atoms with Gasteiger partial charge in [-0.25, -0.2) is 4.99 Å². The minimum atomic E-state index is 0.554. The minimum absolute atomic E-state index is 0.554. The molecule has 31 heavy (non-hydrogen) atoms. The van der Waals surface area contributed by atoms with E-state index < -0.39 is 0 Å². The van der Waals surface area contributed by atoms with Gasteiger partial charge >= 0.3 is 0 Å². The second-order valence-electron chi connectivity index (χ2n) is 8.13. The Labute approximate surface area is 189 Å². The average Bonchev–Trinajstić information content (AvgIpc) is 2.97. The van der Waals surface area contributed by atoms with Crippen LogP contribution in [0.4, 0.5) is 0 Å². The predicted octanol–water partition coefficient (Wildman–Crippen LogP) is 2.49. The Balaban J connectivity index is 1.83. The lowest BCUT2D eigenvalue weighted by Crippen LogP contribution is -2.39. The average molecular weight is 434 g/mol. The monoisotopic (exact) mass is 433 g/mol. The molecule has 1 aromatic rings. The van der Waals surface area contributed by atoms with Crippen LogP contribution in [0.15, 0.2) is 23.2 Å². The summed E-state index contributed by atoms with van der Waals surface area (Å²) in [7, 11) is 2.22. The molecule has 7 nitrogen and oxygen atoms in total. The van der Waals surface area contributed by atoms with Gasteiger partial charge in [-0.15, -0.1) is 0 Å². The molecule has 176 valence electrons. The lowest BCUT2D eigenvalue weighted by atomic mass is 10.1. The van der Waals surface area contributed by atoms with Crippen molar-refractivity contribution in [3.05, 3.63) is 29.3 Å². The summed E-state index contributed by atoms with van der Waals surface area (Å²) in [4.78, 5) is 9.79. The normalized spacial score (nSPS) is 16.2. The highest BCUT2D eigenvalue weighted by Gasteiger charge is 2.11. The molecule has 1 heterocycles. The molecule has 1 saturated heterocycles. The lowest BCUT2D eigenvalue weighted by Gasteiger charge is -2.20. The number of hydrogen-bond donors (Lipinski definition) is 2. The molecule has 2 rings (SSSR count). The second kappa shape index (κ2) is 15.1. The van der Waals surface area contributed by atoms with Crippen molar-refractivity contribution >= 4 is 5.96 Å². The van der Waals surface area contributed by atoms with Gasteiger partial charge in [-0.2, -0.15) is 0 Å². The zero-order valence-corrected chi connectivity index (χ0v) is 20.1. The topological polar surface area (TPSA) is 61.4 Å². The summed E-state index contributed by atoms with van der Waals surface area (Å²) in [5, 5.41) is 6.84. The molecule has 0 aliphatic carbocycles. The molecule has 0 atom stereocenters. The highest BCUT2D eigenvalue weighted by Crippen LogP contribution is 2.21. The molecule has 0 radical (unpaired) electrons. The van der Waals surface area contributed by atoms with Crippen LogP contribution in [0.2, 0.25) is 0 Å². The standard InChI is InChI=1S/C24H43N5O2/c1-5-25-24(26-11-7-13-29-14-8-12-28(4)15-16-29)27-20-22-10-9-21(3)19-23(22)31-18-17-30-6-2/h9-10,19H,5-8,11-18,20H2,1-4H3,(H2,25,26,27). The van der Waals surface area contributed by atoms with Crippen LogP contribution in [0.5, 0.6) is 5.75 Å². The van der Waals surface area contributed by atoms with Gasteiger partial charge < -0.3 is 29.9 Å². The van der Waals surface area contributed by atoms with Crippen LogP contribution in [0, 0.1) is 6.92 Å². The van der Waals surface area contributed by atoms with E-state index in [1.165, 1.54) is 38.2 Å². The van der Waals surface area contributed by atoms with Crippen molar-refractivity contribution in [2.45, 2.75) is 40.2 Å². The third-order valence-corrected chi connectivity index (χ3v) is 5.42. The van der Waals surface area contributed by atoms with Gasteiger partial charge in [0.2, 0.25) is 0 Å². The van der Waals surface area contributed by atoms with E-state index in [1.54, 1.807) is 0 Å². The molecule has 0 aromatic heterocycles. The number of nitrogens with one attached hydrogen (secondary N) is 2. The Morgan fingerprint density at radius 3 is 2.77 bits per heavy atom. The summed E-state index contributed by atoms with van der Waals surface area (Å²) >= 11 is 0. The summed E-state index contributed by atoms with van der Waals surface area (Å²) in [6.07, 6.45) is 2.38. The number of guanidine groups is 1. The molecular weight excluding hydrogens is 390 g/mol. The molecule has 0 unspecified atom stereocenters. The van der Waals surface area contributed by atoms with E-state index in [2.05, 4.69) is 59.5 Å². The highest BCUT2D eigenvalue weighted by molar-refractivity contribution is 5.79. The summed E-state index contributed by atoms with van der Waals surface area (Å²) < 4.78 is 11.3. The smallest absolute Gasteiger partial charge is 0.191 e. The quantitative estimate of drug-likeness (QED) is 0.300. The molecule has 7 heteroatoms. The Hall–Kier alpha value is -1.83. The Kier molecular flexibility index (Phi) is 12.3. The van der Waals surface area contributed by atoms with Gasteiger partial charge in [-0.05, 0) is 71.9 Å². The molecule has 1 fully saturated rings. The highest BCUT2D eigenvalue weighted by atomic mass is 16.5. The first-order chi connectivity index (χ1) is 15.1. The van der Waals surface area contributed by atoms with E-state index in [0.717, 1.165) is 43.3 Å². The van der Waals surface area contributed by atoms with Crippen molar-refractivity contribution in [2.24, 2.45) is 4.99 Å². The number of likely N-dealkylation sites (N-methyl/N-ethyl adjacent to an activating group) is 1. The Morgan fingerprint density at radius 2 is 1.97 bits per heavy atom. The van der Waals surface area contributed by atoms with Crippen LogP contribution in [-0.2, 0) is 11.3 Å². The molecule has 2 N–H and O–H groups in total. The first-order valence-corrected chi connectivity index (χ1v) is 11.9. The van der Waals surface area contributed by atoms with E-state index in [1.807, 2.05) is 6.92 Å². The van der Waals surface area contributed by atoms with Gasteiger partial charge in [0.05, 0.1) is 13.2 Å². The Bertz CT molecular complexity index is 653. The van der Waals surface area contributed by atoms with Crippen molar-refractivity contribution in [3.8, 4) is 5.75 Å². The maximum absolute atomic E-state index is 5.95. The van der Waals surface area contributed by atoms with Crippen molar-refractivity contribution in [1.82, 2.24) is 20.4 Å². The molecule has 1 aliphatic rings. The van der Waals surface area contributed by atoms with Gasteiger partial charge in [0, 0.05) is 38.3 Å². The van der Waals surface area contributed by atoms with Gasteiger partial charge in [0.1, 0.15) is 12.4 Å². The van der Waals surface area contributed by atoms with Crippen LogP contribution < -0.4 is 15.4 Å². The van der Waals surface area contributed by atoms with Crippen LogP contribution in [0.3, 0.4) is 0 Å². The SMILES string of the molecule is CCNC(=NCc1ccc(C)cc1OCCOCC)NCCCN1CCCN(C)CC1. The van der Waals surface area contributed by atoms with E-state index >= 15 is 0 Å². The molecule has 0 amide bonds. The molecule has 0 saturated carbocycles. The van der Waals surface area contributed by atoms with Crippen LogP contribution in [0.25, 0.3) is 0 Å². The van der Waals surface area contributed by atoms with E-state index in [0.29, 0.717) is 26.4 Å². The third-order valence-electron chi connectivity index (χ3n) is 5.42. The molecular formula is C24H43N5O2. The van der Waals surface area contributed by atoms with Gasteiger partial charge in [-0.3, -0.25) is 0 Å². The maximum Gasteiger partial charge on any atom is 0.191 e. The van der Waals surface area contributed by atoms with Crippen molar-refractivity contribution in [2.75, 3.05) is 72.7 Å². The number of hydrogen-bond acceptors (Lipinski definition) is 5. The largest absolute Gasteiger partial charge is 0.491 e. The first kappa shape index (κ1) is 25.4. The minimum Gasteiger partial charge on any atom is -0.491 e. The molecule has 0 spiro atoms. The number of aryl methyl sites for hydroxylation is 1. The summed E-state index contributed by atoms with van der Waals surface area (Å²) in [6, 6.07) is 6.30. The first-order valence-electron chi connectivity index (χ1n) is 11.9. The van der Waals surface area contributed by atoms with Crippen LogP contribution in [-0.4, -0.2) is 88.4 Å². The van der Waals surface area contributed by atoms with Crippen LogP contribution in [0.1, 0.15) is 37.8 Å². The fraction of sp³-hybridized carbons (Fsp3) is 0.708. The number of benzene rings is 1. The predicted molar refractivity (Wildman–Crippen MR) is 129 cm³/mol. The number of nitrogens with zero attached hydrogens (tertiary/aromatic N) is 3. The maximum atomic E-state index is 5.95. The summed E-state index contributed by atoms with van der Waals surface area (Å²) in [5.74, 6) is 1.75. The molecule has 1 aromatic carbocycles. The van der Waals surface area contributed by atoms with E-state index in [-0.39, 0.29) is 0 Å². The second-order valence-corrected chi connectivity index (χ2v) is 8.13. The molecule has 0 bridgehead atoms. The van der Waals surface area contributed by atoms with Gasteiger partial charge in [0.15, 0.2) is 5.96 Å². The third kappa shape index (κ3) is 10.4. The fourth-order valence-electron chi connectivity index (χ4n) is 3.62. The number of ether oxygens (including phenoxy) is 2. The summed E-state index contributed by atoms with van der Waals surface area (Å²) in [5.41, 5.74) is 2.27. The Morgan fingerprint density at radius 1 is 1.10 bits per heavy atom. The lowest BCUT2D eigenvalue weighted by molar-refractivity contribution is 0.110. The van der Waals surface area contributed by atoms with Crippen molar-refractivity contribution in [1.29, 1.82) is 0 Å². The van der Waals surface area contributed by atoms with Gasteiger partial charge in [0.25, 0.3) is 0 Å². The van der Waals surface area contributed by atoms with Gasteiger partial charge in [-0.1, -0.05) is 12.1 Å². The summed E-state index contributed by atoms with van der Waals surface area (Å²) in [6.45, 7) is 16.3.